The van der Waals surface area contributed by atoms with Gasteiger partial charge in [-0.05, 0) is 19.2 Å². The maximum Gasteiger partial charge on any atom is 0.137 e. The van der Waals surface area contributed by atoms with Crippen LogP contribution in [-0.2, 0) is 17.9 Å². The van der Waals surface area contributed by atoms with Crippen molar-refractivity contribution < 1.29 is 13.9 Å². The van der Waals surface area contributed by atoms with Gasteiger partial charge in [-0.2, -0.15) is 0 Å². The Morgan fingerprint density at radius 1 is 1.35 bits per heavy atom. The van der Waals surface area contributed by atoms with Crippen molar-refractivity contribution in [2.75, 3.05) is 21.3 Å². The smallest absolute Gasteiger partial charge is 0.137 e. The Morgan fingerprint density at radius 2 is 2.15 bits per heavy atom. The number of rotatable bonds is 6. The number of nitrogens with one attached hydrogen (secondary N) is 1. The molecule has 1 heterocycles. The maximum absolute atomic E-state index is 14.1. The second-order valence-corrected chi connectivity index (χ2v) is 5.28. The predicted molar refractivity (Wildman–Crippen MR) is 77.5 cm³/mol. The Kier molecular flexibility index (Phi) is 5.05. The monoisotopic (exact) mass is 296 g/mol. The molecule has 4 nitrogen and oxygen atoms in total. The highest BCUT2D eigenvalue weighted by Gasteiger charge is 2.15. The molecule has 0 unspecified atom stereocenters. The molecule has 1 aromatic carbocycles. The van der Waals surface area contributed by atoms with Crippen LogP contribution < -0.4 is 10.1 Å². The van der Waals surface area contributed by atoms with Crippen molar-refractivity contribution in [2.24, 2.45) is 0 Å². The molecular formula is C14H17FN2O2S. The van der Waals surface area contributed by atoms with Crippen molar-refractivity contribution in [3.8, 4) is 16.3 Å². The molecule has 0 amide bonds. The van der Waals surface area contributed by atoms with Crippen LogP contribution in [0.3, 0.4) is 0 Å². The minimum atomic E-state index is -0.335. The standard InChI is InChI=1S/C14H17FN2O2S/c1-16-7-13-12(8-18-2)17-14(20-13)10-5-4-9(19-3)6-11(10)15/h4-6,16H,7-8H2,1-3H3. The molecule has 1 N–H and O–H groups in total. The van der Waals surface area contributed by atoms with E-state index in [0.717, 1.165) is 10.6 Å². The minimum Gasteiger partial charge on any atom is -0.497 e. The van der Waals surface area contributed by atoms with Gasteiger partial charge >= 0.3 is 0 Å². The summed E-state index contributed by atoms with van der Waals surface area (Å²) in [5, 5.41) is 3.74. The first-order chi connectivity index (χ1) is 9.69. The quantitative estimate of drug-likeness (QED) is 0.890. The summed E-state index contributed by atoms with van der Waals surface area (Å²) in [5.74, 6) is 0.161. The Bertz CT molecular complexity index is 563. The lowest BCUT2D eigenvalue weighted by Gasteiger charge is -2.02. The van der Waals surface area contributed by atoms with E-state index in [2.05, 4.69) is 10.3 Å². The number of thiazole rings is 1. The third kappa shape index (κ3) is 3.15. The van der Waals surface area contributed by atoms with Gasteiger partial charge < -0.3 is 14.8 Å². The zero-order valence-corrected chi connectivity index (χ0v) is 12.5. The summed E-state index contributed by atoms with van der Waals surface area (Å²) in [4.78, 5) is 5.53. The number of aromatic nitrogens is 1. The van der Waals surface area contributed by atoms with Gasteiger partial charge in [0.2, 0.25) is 0 Å². The molecule has 0 aliphatic carbocycles. The molecule has 0 bridgehead atoms. The first-order valence-electron chi connectivity index (χ1n) is 6.15. The number of benzene rings is 1. The van der Waals surface area contributed by atoms with E-state index in [1.165, 1.54) is 24.5 Å². The predicted octanol–water partition coefficient (Wildman–Crippen LogP) is 2.82. The minimum absolute atomic E-state index is 0.335. The van der Waals surface area contributed by atoms with E-state index < -0.39 is 0 Å². The van der Waals surface area contributed by atoms with Crippen molar-refractivity contribution in [1.82, 2.24) is 10.3 Å². The van der Waals surface area contributed by atoms with Gasteiger partial charge in [0.05, 0.1) is 19.4 Å². The third-order valence-electron chi connectivity index (χ3n) is 2.80. The van der Waals surface area contributed by atoms with Crippen LogP contribution >= 0.6 is 11.3 Å². The molecule has 0 atom stereocenters. The van der Waals surface area contributed by atoms with Crippen LogP contribution in [0.5, 0.6) is 5.75 Å². The third-order valence-corrected chi connectivity index (χ3v) is 3.93. The molecule has 0 saturated carbocycles. The van der Waals surface area contributed by atoms with Crippen LogP contribution in [-0.4, -0.2) is 26.3 Å². The lowest BCUT2D eigenvalue weighted by atomic mass is 10.2. The van der Waals surface area contributed by atoms with E-state index in [1.54, 1.807) is 19.2 Å². The van der Waals surface area contributed by atoms with E-state index in [-0.39, 0.29) is 5.82 Å². The van der Waals surface area contributed by atoms with Crippen molar-refractivity contribution in [3.63, 3.8) is 0 Å². The van der Waals surface area contributed by atoms with Crippen LogP contribution in [0.2, 0.25) is 0 Å². The van der Waals surface area contributed by atoms with Gasteiger partial charge in [-0.15, -0.1) is 11.3 Å². The highest BCUT2D eigenvalue weighted by molar-refractivity contribution is 7.15. The summed E-state index contributed by atoms with van der Waals surface area (Å²) in [6.07, 6.45) is 0. The first-order valence-corrected chi connectivity index (χ1v) is 6.97. The van der Waals surface area contributed by atoms with Crippen LogP contribution in [0.1, 0.15) is 10.6 Å². The molecule has 0 saturated heterocycles. The van der Waals surface area contributed by atoms with Gasteiger partial charge in [-0.1, -0.05) is 0 Å². The van der Waals surface area contributed by atoms with Gasteiger partial charge in [0.25, 0.3) is 0 Å². The molecule has 2 aromatic rings. The zero-order chi connectivity index (χ0) is 14.5. The van der Waals surface area contributed by atoms with E-state index in [0.29, 0.717) is 29.5 Å². The second-order valence-electron chi connectivity index (χ2n) is 4.20. The lowest BCUT2D eigenvalue weighted by molar-refractivity contribution is 0.181. The lowest BCUT2D eigenvalue weighted by Crippen LogP contribution is -2.06. The summed E-state index contributed by atoms with van der Waals surface area (Å²) in [6.45, 7) is 1.11. The molecule has 1 aromatic heterocycles. The summed E-state index contributed by atoms with van der Waals surface area (Å²) in [7, 11) is 5.00. The van der Waals surface area contributed by atoms with Gasteiger partial charge in [-0.25, -0.2) is 9.37 Å². The molecule has 0 fully saturated rings. The Balaban J connectivity index is 2.39. The first kappa shape index (κ1) is 14.9. The van der Waals surface area contributed by atoms with E-state index >= 15 is 0 Å². The summed E-state index contributed by atoms with van der Waals surface area (Å²) in [5.41, 5.74) is 1.33. The number of halogens is 1. The fraction of sp³-hybridized carbons (Fsp3) is 0.357. The summed E-state index contributed by atoms with van der Waals surface area (Å²) < 4.78 is 24.2. The van der Waals surface area contributed by atoms with Crippen molar-refractivity contribution in [1.29, 1.82) is 0 Å². The average Bonchev–Trinajstić information content (AvgIpc) is 2.82. The number of hydrogen-bond acceptors (Lipinski definition) is 5. The number of nitrogens with zero attached hydrogens (tertiary/aromatic N) is 1. The van der Waals surface area contributed by atoms with Crippen molar-refractivity contribution in [2.45, 2.75) is 13.2 Å². The van der Waals surface area contributed by atoms with E-state index in [4.69, 9.17) is 9.47 Å². The van der Waals surface area contributed by atoms with Crippen molar-refractivity contribution >= 4 is 11.3 Å². The van der Waals surface area contributed by atoms with Crippen LogP contribution in [0.4, 0.5) is 4.39 Å². The Labute approximate surface area is 121 Å². The van der Waals surface area contributed by atoms with Gasteiger partial charge in [-0.3, -0.25) is 0 Å². The normalized spacial score (nSPS) is 10.8. The van der Waals surface area contributed by atoms with E-state index in [1.807, 2.05) is 7.05 Å². The van der Waals surface area contributed by atoms with Crippen LogP contribution in [0.15, 0.2) is 18.2 Å². The Hall–Kier alpha value is -1.50. The van der Waals surface area contributed by atoms with Gasteiger partial charge in [0.15, 0.2) is 0 Å². The topological polar surface area (TPSA) is 43.4 Å². The molecule has 2 rings (SSSR count). The zero-order valence-electron chi connectivity index (χ0n) is 11.7. The summed E-state index contributed by atoms with van der Waals surface area (Å²) >= 11 is 1.47. The highest BCUT2D eigenvalue weighted by atomic mass is 32.1. The van der Waals surface area contributed by atoms with E-state index in [9.17, 15) is 4.39 Å². The fourth-order valence-corrected chi connectivity index (χ4v) is 2.95. The molecule has 6 heteroatoms. The molecule has 0 aliphatic rings. The highest BCUT2D eigenvalue weighted by Crippen LogP contribution is 2.32. The SMILES string of the molecule is CNCc1sc(-c2ccc(OC)cc2F)nc1COC. The number of ether oxygens (including phenoxy) is 2. The summed E-state index contributed by atoms with van der Waals surface area (Å²) in [6, 6.07) is 4.78. The molecular weight excluding hydrogens is 279 g/mol. The maximum atomic E-state index is 14.1. The Morgan fingerprint density at radius 3 is 2.75 bits per heavy atom. The van der Waals surface area contributed by atoms with Crippen molar-refractivity contribution in [3.05, 3.63) is 34.6 Å². The molecule has 108 valence electrons. The van der Waals surface area contributed by atoms with Gasteiger partial charge in [0, 0.05) is 30.2 Å². The molecule has 0 radical (unpaired) electrons. The van der Waals surface area contributed by atoms with Crippen LogP contribution in [0, 0.1) is 5.82 Å². The second kappa shape index (κ2) is 6.78. The van der Waals surface area contributed by atoms with Gasteiger partial charge in [0.1, 0.15) is 16.6 Å². The molecule has 0 spiro atoms. The number of hydrogen-bond donors (Lipinski definition) is 1. The van der Waals surface area contributed by atoms with Crippen LogP contribution in [0.25, 0.3) is 10.6 Å². The average molecular weight is 296 g/mol. The molecule has 0 aliphatic heterocycles. The number of methoxy groups -OCH3 is 2. The largest absolute Gasteiger partial charge is 0.497 e. The molecule has 20 heavy (non-hydrogen) atoms. The fourth-order valence-electron chi connectivity index (χ4n) is 1.84.